The SMILES string of the molecule is NNc1nc2nccnc2c(=O)[nH]1.[Ca]. The summed E-state index contributed by atoms with van der Waals surface area (Å²) in [5.41, 5.74) is 2.32. The van der Waals surface area contributed by atoms with Crippen molar-refractivity contribution in [3.63, 3.8) is 0 Å². The van der Waals surface area contributed by atoms with E-state index in [-0.39, 0.29) is 60.4 Å². The molecule has 0 bridgehead atoms. The van der Waals surface area contributed by atoms with Crippen LogP contribution in [0.4, 0.5) is 5.95 Å². The smallest absolute Gasteiger partial charge is 0.280 e. The number of anilines is 1. The number of hydrogen-bond donors (Lipinski definition) is 3. The van der Waals surface area contributed by atoms with Crippen LogP contribution in [0.3, 0.4) is 0 Å². The van der Waals surface area contributed by atoms with Crippen molar-refractivity contribution < 1.29 is 0 Å². The molecule has 2 rings (SSSR count). The molecule has 2 aromatic rings. The zero-order chi connectivity index (χ0) is 9.26. The second-order valence-corrected chi connectivity index (χ2v) is 2.29. The number of hydrogen-bond acceptors (Lipinski definition) is 6. The maximum Gasteiger partial charge on any atom is 0.280 e. The van der Waals surface area contributed by atoms with Crippen LogP contribution in [-0.2, 0) is 0 Å². The molecule has 2 heterocycles. The first-order chi connectivity index (χ1) is 6.31. The van der Waals surface area contributed by atoms with Crippen molar-refractivity contribution in [1.29, 1.82) is 0 Å². The maximum atomic E-state index is 11.3. The monoisotopic (exact) mass is 218 g/mol. The molecule has 0 aliphatic heterocycles. The van der Waals surface area contributed by atoms with Gasteiger partial charge in [0.1, 0.15) is 0 Å². The van der Waals surface area contributed by atoms with Crippen molar-refractivity contribution >= 4 is 54.9 Å². The number of rotatable bonds is 1. The number of aromatic amines is 1. The molecule has 8 heteroatoms. The van der Waals surface area contributed by atoms with E-state index in [1.165, 1.54) is 12.4 Å². The summed E-state index contributed by atoms with van der Waals surface area (Å²) >= 11 is 0. The molecule has 0 saturated carbocycles. The summed E-state index contributed by atoms with van der Waals surface area (Å²) in [6, 6.07) is 0. The van der Waals surface area contributed by atoms with Gasteiger partial charge < -0.3 is 0 Å². The first-order valence-electron chi connectivity index (χ1n) is 3.49. The van der Waals surface area contributed by atoms with Crippen molar-refractivity contribution in [2.24, 2.45) is 5.84 Å². The van der Waals surface area contributed by atoms with E-state index in [1.54, 1.807) is 0 Å². The molecule has 0 aliphatic carbocycles. The summed E-state index contributed by atoms with van der Waals surface area (Å²) in [4.78, 5) is 25.2. The van der Waals surface area contributed by atoms with Crippen LogP contribution in [0.5, 0.6) is 0 Å². The molecule has 0 amide bonds. The second-order valence-electron chi connectivity index (χ2n) is 2.29. The van der Waals surface area contributed by atoms with Gasteiger partial charge in [-0.15, -0.1) is 0 Å². The molecule has 0 aromatic carbocycles. The van der Waals surface area contributed by atoms with Gasteiger partial charge >= 0.3 is 0 Å². The molecule has 0 aliphatic rings. The fraction of sp³-hybridized carbons (Fsp3) is 0. The topological polar surface area (TPSA) is 110 Å². The van der Waals surface area contributed by atoms with Gasteiger partial charge in [0, 0.05) is 50.1 Å². The molecule has 2 radical (unpaired) electrons. The number of fused-ring (bicyclic) bond motifs is 1. The fourth-order valence-corrected chi connectivity index (χ4v) is 0.942. The van der Waals surface area contributed by atoms with Crippen LogP contribution in [0.1, 0.15) is 0 Å². The van der Waals surface area contributed by atoms with Gasteiger partial charge in [0.25, 0.3) is 5.56 Å². The van der Waals surface area contributed by atoms with E-state index in [1.807, 2.05) is 0 Å². The van der Waals surface area contributed by atoms with Crippen molar-refractivity contribution in [3.8, 4) is 0 Å². The Bertz CT molecular complexity index is 497. The Hall–Kier alpha value is -0.760. The molecule has 2 aromatic heterocycles. The Morgan fingerprint density at radius 3 is 2.79 bits per heavy atom. The Labute approximate surface area is 108 Å². The maximum absolute atomic E-state index is 11.3. The number of aromatic nitrogens is 4. The van der Waals surface area contributed by atoms with E-state index >= 15 is 0 Å². The first kappa shape index (κ1) is 11.3. The van der Waals surface area contributed by atoms with Crippen LogP contribution in [0, 0.1) is 0 Å². The van der Waals surface area contributed by atoms with Crippen molar-refractivity contribution in [1.82, 2.24) is 19.9 Å². The second kappa shape index (κ2) is 4.65. The summed E-state index contributed by atoms with van der Waals surface area (Å²) in [5.74, 6) is 5.24. The predicted molar refractivity (Wildman–Crippen MR) is 51.5 cm³/mol. The quantitative estimate of drug-likeness (QED) is 0.309. The molecule has 68 valence electrons. The van der Waals surface area contributed by atoms with Crippen LogP contribution in [0.15, 0.2) is 17.2 Å². The van der Waals surface area contributed by atoms with Crippen molar-refractivity contribution in [3.05, 3.63) is 22.7 Å². The zero-order valence-electron chi connectivity index (χ0n) is 7.19. The Kier molecular flexibility index (Phi) is 3.76. The first-order valence-corrected chi connectivity index (χ1v) is 3.49. The Balaban J connectivity index is 0.000000980. The van der Waals surface area contributed by atoms with Crippen LogP contribution in [0.25, 0.3) is 11.2 Å². The van der Waals surface area contributed by atoms with Gasteiger partial charge in [-0.05, 0) is 0 Å². The van der Waals surface area contributed by atoms with Gasteiger partial charge in [0.05, 0.1) is 0 Å². The molecule has 0 fully saturated rings. The number of H-pyrrole nitrogens is 1. The minimum Gasteiger partial charge on any atom is -0.294 e. The van der Waals surface area contributed by atoms with E-state index in [2.05, 4.69) is 25.4 Å². The number of nitrogens with zero attached hydrogens (tertiary/aromatic N) is 3. The van der Waals surface area contributed by atoms with Gasteiger partial charge in [0.15, 0.2) is 11.2 Å². The summed E-state index contributed by atoms with van der Waals surface area (Å²) in [6.45, 7) is 0. The summed E-state index contributed by atoms with van der Waals surface area (Å²) < 4.78 is 0. The van der Waals surface area contributed by atoms with E-state index in [0.717, 1.165) is 0 Å². The van der Waals surface area contributed by atoms with Gasteiger partial charge in [-0.3, -0.25) is 15.2 Å². The number of nitrogen functional groups attached to an aromatic ring is 1. The van der Waals surface area contributed by atoms with Gasteiger partial charge in [-0.1, -0.05) is 0 Å². The number of nitrogens with one attached hydrogen (secondary N) is 2. The number of nitrogens with two attached hydrogens (primary N) is 1. The van der Waals surface area contributed by atoms with Crippen LogP contribution >= 0.6 is 0 Å². The molecule has 0 saturated heterocycles. The van der Waals surface area contributed by atoms with E-state index in [4.69, 9.17) is 5.84 Å². The largest absolute Gasteiger partial charge is 0.294 e. The Morgan fingerprint density at radius 1 is 1.36 bits per heavy atom. The Morgan fingerprint density at radius 2 is 2.07 bits per heavy atom. The third-order valence-corrected chi connectivity index (χ3v) is 1.48. The molecule has 0 atom stereocenters. The molecular weight excluding hydrogens is 212 g/mol. The molecule has 4 N–H and O–H groups in total. The van der Waals surface area contributed by atoms with E-state index in [9.17, 15) is 4.79 Å². The standard InChI is InChI=1S/C6H6N6O.Ca/c7-12-6-10-4-3(5(13)11-6)8-1-2-9-4;/h1-2H,7H2,(H2,9,10,11,12,13);. The van der Waals surface area contributed by atoms with E-state index in [0.29, 0.717) is 0 Å². The molecule has 14 heavy (non-hydrogen) atoms. The minimum absolute atomic E-state index is 0. The van der Waals surface area contributed by atoms with Crippen LogP contribution in [-0.4, -0.2) is 57.7 Å². The minimum atomic E-state index is -0.369. The van der Waals surface area contributed by atoms with Gasteiger partial charge in [-0.25, -0.2) is 15.8 Å². The average molecular weight is 218 g/mol. The third-order valence-electron chi connectivity index (χ3n) is 1.48. The summed E-state index contributed by atoms with van der Waals surface area (Å²) in [5, 5.41) is 0. The van der Waals surface area contributed by atoms with E-state index < -0.39 is 0 Å². The van der Waals surface area contributed by atoms with Crippen molar-refractivity contribution in [2.45, 2.75) is 0 Å². The zero-order valence-corrected chi connectivity index (χ0v) is 9.40. The molecule has 0 unspecified atom stereocenters. The summed E-state index contributed by atoms with van der Waals surface area (Å²) in [7, 11) is 0. The summed E-state index contributed by atoms with van der Waals surface area (Å²) in [6.07, 6.45) is 2.88. The van der Waals surface area contributed by atoms with Crippen LogP contribution in [0.2, 0.25) is 0 Å². The molecular formula is C6H6CaN6O. The fourth-order valence-electron chi connectivity index (χ4n) is 0.942. The van der Waals surface area contributed by atoms with Crippen molar-refractivity contribution in [2.75, 3.05) is 5.43 Å². The van der Waals surface area contributed by atoms with Gasteiger partial charge in [0.2, 0.25) is 5.95 Å². The normalized spacial score (nSPS) is 9.50. The third kappa shape index (κ3) is 2.01. The molecule has 0 spiro atoms. The van der Waals surface area contributed by atoms with Gasteiger partial charge in [-0.2, -0.15) is 4.98 Å². The average Bonchev–Trinajstić information content (AvgIpc) is 2.18. The van der Waals surface area contributed by atoms with Crippen LogP contribution < -0.4 is 16.8 Å². The number of hydrazine groups is 1. The predicted octanol–water partition coefficient (Wildman–Crippen LogP) is -1.38. The molecule has 7 nitrogen and oxygen atoms in total.